The van der Waals surface area contributed by atoms with E-state index in [1.165, 1.54) is 0 Å². The van der Waals surface area contributed by atoms with E-state index >= 15 is 0 Å². The summed E-state index contributed by atoms with van der Waals surface area (Å²) in [6, 6.07) is 9.54. The molecule has 0 atom stereocenters. The smallest absolute Gasteiger partial charge is 0.238 e. The summed E-state index contributed by atoms with van der Waals surface area (Å²) in [6.07, 6.45) is 1.68. The van der Waals surface area contributed by atoms with Gasteiger partial charge in [-0.2, -0.15) is 0 Å². The molecule has 1 aromatic rings. The average Bonchev–Trinajstić information content (AvgIpc) is 2.91. The standard InChI is InChI=1S/C15H20N2O3/c18-14(16-13-4-2-1-3-5-13)12-17-8-6-15(7-9-17)19-10-11-20-15/h1-5H,6-12H2,(H,16,18). The van der Waals surface area contributed by atoms with Crippen LogP contribution in [0.1, 0.15) is 12.8 Å². The number of hydrogen-bond acceptors (Lipinski definition) is 4. The molecular weight excluding hydrogens is 256 g/mol. The van der Waals surface area contributed by atoms with Crippen LogP contribution in [-0.2, 0) is 14.3 Å². The van der Waals surface area contributed by atoms with Crippen LogP contribution in [0.2, 0.25) is 0 Å². The van der Waals surface area contributed by atoms with Crippen LogP contribution in [0, 0.1) is 0 Å². The van der Waals surface area contributed by atoms with Crippen molar-refractivity contribution in [1.29, 1.82) is 0 Å². The number of nitrogens with zero attached hydrogens (tertiary/aromatic N) is 1. The molecule has 0 unspecified atom stereocenters. The topological polar surface area (TPSA) is 50.8 Å². The lowest BCUT2D eigenvalue weighted by molar-refractivity contribution is -0.185. The molecule has 3 rings (SSSR count). The van der Waals surface area contributed by atoms with Crippen molar-refractivity contribution in [2.75, 3.05) is 38.2 Å². The first-order chi connectivity index (χ1) is 9.76. The number of carbonyl (C=O) groups is 1. The highest BCUT2D eigenvalue weighted by Crippen LogP contribution is 2.31. The van der Waals surface area contributed by atoms with E-state index in [1.807, 2.05) is 30.3 Å². The normalized spacial score (nSPS) is 22.0. The second kappa shape index (κ2) is 5.91. The second-order valence-electron chi connectivity index (χ2n) is 5.30. The summed E-state index contributed by atoms with van der Waals surface area (Å²) in [5.41, 5.74) is 0.841. The molecule has 1 spiro atoms. The van der Waals surface area contributed by atoms with Gasteiger partial charge in [0.25, 0.3) is 0 Å². The third-order valence-corrected chi connectivity index (χ3v) is 3.86. The Labute approximate surface area is 118 Å². The minimum atomic E-state index is -0.369. The van der Waals surface area contributed by atoms with Crippen LogP contribution in [0.4, 0.5) is 5.69 Å². The molecule has 0 saturated carbocycles. The maximum absolute atomic E-state index is 12.0. The summed E-state index contributed by atoms with van der Waals surface area (Å²) in [5, 5.41) is 2.91. The summed E-state index contributed by atoms with van der Waals surface area (Å²) >= 11 is 0. The first kappa shape index (κ1) is 13.5. The van der Waals surface area contributed by atoms with E-state index in [1.54, 1.807) is 0 Å². The zero-order valence-corrected chi connectivity index (χ0v) is 11.5. The van der Waals surface area contributed by atoms with Gasteiger partial charge >= 0.3 is 0 Å². The highest BCUT2D eigenvalue weighted by Gasteiger charge is 2.39. The largest absolute Gasteiger partial charge is 0.347 e. The Balaban J connectivity index is 1.46. The fraction of sp³-hybridized carbons (Fsp3) is 0.533. The highest BCUT2D eigenvalue weighted by atomic mass is 16.7. The number of nitrogens with one attached hydrogen (secondary N) is 1. The maximum atomic E-state index is 12.0. The molecule has 1 aromatic carbocycles. The van der Waals surface area contributed by atoms with Gasteiger partial charge in [0.05, 0.1) is 19.8 Å². The van der Waals surface area contributed by atoms with Gasteiger partial charge in [0, 0.05) is 31.6 Å². The zero-order valence-electron chi connectivity index (χ0n) is 11.5. The summed E-state index contributed by atoms with van der Waals surface area (Å²) in [4.78, 5) is 14.1. The molecule has 2 aliphatic heterocycles. The van der Waals surface area contributed by atoms with Crippen molar-refractivity contribution in [3.63, 3.8) is 0 Å². The Morgan fingerprint density at radius 1 is 1.15 bits per heavy atom. The summed E-state index contributed by atoms with van der Waals surface area (Å²) in [5.74, 6) is -0.340. The van der Waals surface area contributed by atoms with Crippen molar-refractivity contribution in [3.05, 3.63) is 30.3 Å². The molecule has 2 fully saturated rings. The predicted molar refractivity (Wildman–Crippen MR) is 75.4 cm³/mol. The van der Waals surface area contributed by atoms with E-state index in [2.05, 4.69) is 10.2 Å². The minimum Gasteiger partial charge on any atom is -0.347 e. The summed E-state index contributed by atoms with van der Waals surface area (Å²) < 4.78 is 11.4. The first-order valence-corrected chi connectivity index (χ1v) is 7.11. The number of anilines is 1. The van der Waals surface area contributed by atoms with Crippen LogP contribution < -0.4 is 5.32 Å². The lowest BCUT2D eigenvalue weighted by Gasteiger charge is -2.37. The molecule has 5 heteroatoms. The summed E-state index contributed by atoms with van der Waals surface area (Å²) in [6.45, 7) is 3.47. The third-order valence-electron chi connectivity index (χ3n) is 3.86. The van der Waals surface area contributed by atoms with Crippen LogP contribution in [-0.4, -0.2) is 49.4 Å². The molecule has 20 heavy (non-hydrogen) atoms. The molecule has 5 nitrogen and oxygen atoms in total. The molecule has 0 radical (unpaired) electrons. The Hall–Kier alpha value is -1.43. The Kier molecular flexibility index (Phi) is 4.00. The van der Waals surface area contributed by atoms with E-state index < -0.39 is 0 Å². The van der Waals surface area contributed by atoms with Gasteiger partial charge in [0.15, 0.2) is 5.79 Å². The van der Waals surface area contributed by atoms with E-state index in [-0.39, 0.29) is 11.7 Å². The number of benzene rings is 1. The maximum Gasteiger partial charge on any atom is 0.238 e. The summed E-state index contributed by atoms with van der Waals surface area (Å²) in [7, 11) is 0. The second-order valence-corrected chi connectivity index (χ2v) is 5.30. The van der Waals surface area contributed by atoms with Crippen molar-refractivity contribution in [1.82, 2.24) is 4.90 Å². The van der Waals surface area contributed by atoms with Crippen molar-refractivity contribution in [2.24, 2.45) is 0 Å². The fourth-order valence-corrected chi connectivity index (χ4v) is 2.76. The first-order valence-electron chi connectivity index (χ1n) is 7.11. The number of amides is 1. The number of rotatable bonds is 3. The number of piperidine rings is 1. The minimum absolute atomic E-state index is 0.0282. The van der Waals surface area contributed by atoms with Gasteiger partial charge in [-0.3, -0.25) is 9.69 Å². The van der Waals surface area contributed by atoms with E-state index in [4.69, 9.17) is 9.47 Å². The molecule has 0 aromatic heterocycles. The molecule has 0 bridgehead atoms. The molecule has 2 heterocycles. The number of likely N-dealkylation sites (tertiary alicyclic amines) is 1. The molecule has 1 N–H and O–H groups in total. The quantitative estimate of drug-likeness (QED) is 0.908. The van der Waals surface area contributed by atoms with Crippen molar-refractivity contribution in [3.8, 4) is 0 Å². The third kappa shape index (κ3) is 3.17. The van der Waals surface area contributed by atoms with Crippen molar-refractivity contribution < 1.29 is 14.3 Å². The van der Waals surface area contributed by atoms with Gasteiger partial charge in [-0.05, 0) is 12.1 Å². The molecule has 0 aliphatic carbocycles. The molecule has 2 aliphatic rings. The molecule has 1 amide bonds. The lowest BCUT2D eigenvalue weighted by atomic mass is 10.0. The Morgan fingerprint density at radius 2 is 1.80 bits per heavy atom. The van der Waals surface area contributed by atoms with Crippen LogP contribution in [0.3, 0.4) is 0 Å². The van der Waals surface area contributed by atoms with Gasteiger partial charge in [-0.15, -0.1) is 0 Å². The number of ether oxygens (including phenoxy) is 2. The molecule has 108 valence electrons. The van der Waals surface area contributed by atoms with E-state index in [0.29, 0.717) is 19.8 Å². The fourth-order valence-electron chi connectivity index (χ4n) is 2.76. The SMILES string of the molecule is O=C(CN1CCC2(CC1)OCCO2)Nc1ccccc1. The number of carbonyl (C=O) groups excluding carboxylic acids is 1. The van der Waals surface area contributed by atoms with Crippen LogP contribution in [0.25, 0.3) is 0 Å². The van der Waals surface area contributed by atoms with Gasteiger partial charge in [0.1, 0.15) is 0 Å². The molecule has 2 saturated heterocycles. The van der Waals surface area contributed by atoms with E-state index in [9.17, 15) is 4.79 Å². The average molecular weight is 276 g/mol. The van der Waals surface area contributed by atoms with Crippen molar-refractivity contribution in [2.45, 2.75) is 18.6 Å². The highest BCUT2D eigenvalue weighted by molar-refractivity contribution is 5.92. The Morgan fingerprint density at radius 3 is 2.45 bits per heavy atom. The van der Waals surface area contributed by atoms with Gasteiger partial charge in [0.2, 0.25) is 5.91 Å². The number of hydrogen-bond donors (Lipinski definition) is 1. The van der Waals surface area contributed by atoms with Crippen LogP contribution in [0.5, 0.6) is 0 Å². The van der Waals surface area contributed by atoms with Crippen molar-refractivity contribution >= 4 is 11.6 Å². The monoisotopic (exact) mass is 276 g/mol. The van der Waals surface area contributed by atoms with Crippen LogP contribution >= 0.6 is 0 Å². The van der Waals surface area contributed by atoms with Gasteiger partial charge < -0.3 is 14.8 Å². The Bertz CT molecular complexity index is 447. The van der Waals surface area contributed by atoms with E-state index in [0.717, 1.165) is 31.6 Å². The predicted octanol–water partition coefficient (Wildman–Crippen LogP) is 1.46. The van der Waals surface area contributed by atoms with Gasteiger partial charge in [-0.25, -0.2) is 0 Å². The zero-order chi connectivity index (χ0) is 13.8. The molecular formula is C15H20N2O3. The lowest BCUT2D eigenvalue weighted by Crippen LogP contribution is -2.47. The number of para-hydroxylation sites is 1. The van der Waals surface area contributed by atoms with Crippen LogP contribution in [0.15, 0.2) is 30.3 Å². The van der Waals surface area contributed by atoms with Gasteiger partial charge in [-0.1, -0.05) is 18.2 Å².